The Balaban J connectivity index is 1.29. The van der Waals surface area contributed by atoms with E-state index in [1.165, 1.54) is 38.0 Å². The Bertz CT molecular complexity index is 892. The first-order valence-corrected chi connectivity index (χ1v) is 10.4. The number of hydrogen-bond acceptors (Lipinski definition) is 6. The number of nitrogens with two attached hydrogens (primary N) is 1. The molecule has 2 aromatic heterocycles. The van der Waals surface area contributed by atoms with Gasteiger partial charge in [0.2, 0.25) is 0 Å². The standard InChI is InChI=1S/C21H27N5O2/c1-27-19-5-12(7-23-21(19)22)17-6-18(26(24-17)13-3-2-4-13)20-15-8-25(9-16(15)20)14-10-28-11-14/h5-7,13-16,20H,2-4,8-11H2,1H3,(H2,22,23)/t15-,16+,20+. The molecule has 3 atom stereocenters. The average Bonchev–Trinajstić information content (AvgIpc) is 2.94. The van der Waals surface area contributed by atoms with Crippen molar-refractivity contribution in [1.29, 1.82) is 0 Å². The highest BCUT2D eigenvalue weighted by atomic mass is 16.5. The number of likely N-dealkylation sites (tertiary alicyclic amines) is 1. The first-order chi connectivity index (χ1) is 13.7. The maximum Gasteiger partial charge on any atom is 0.166 e. The zero-order chi connectivity index (χ0) is 18.8. The second-order valence-electron chi connectivity index (χ2n) is 8.79. The van der Waals surface area contributed by atoms with Gasteiger partial charge in [-0.25, -0.2) is 4.98 Å². The normalized spacial score (nSPS) is 30.0. The molecule has 0 aromatic carbocycles. The number of ether oxygens (including phenoxy) is 2. The first-order valence-electron chi connectivity index (χ1n) is 10.4. The highest BCUT2D eigenvalue weighted by Crippen LogP contribution is 2.59. The molecule has 28 heavy (non-hydrogen) atoms. The summed E-state index contributed by atoms with van der Waals surface area (Å²) in [7, 11) is 1.62. The molecule has 2 aliphatic heterocycles. The predicted molar refractivity (Wildman–Crippen MR) is 105 cm³/mol. The Kier molecular flexibility index (Phi) is 3.71. The van der Waals surface area contributed by atoms with Gasteiger partial charge in [0.25, 0.3) is 0 Å². The summed E-state index contributed by atoms with van der Waals surface area (Å²) >= 11 is 0. The number of hydrogen-bond donors (Lipinski definition) is 1. The van der Waals surface area contributed by atoms with Crippen molar-refractivity contribution in [2.45, 2.75) is 37.3 Å². The van der Waals surface area contributed by atoms with Crippen molar-refractivity contribution in [3.63, 3.8) is 0 Å². The van der Waals surface area contributed by atoms with Crippen LogP contribution >= 0.6 is 0 Å². The number of rotatable bonds is 5. The highest BCUT2D eigenvalue weighted by Gasteiger charge is 2.59. The summed E-state index contributed by atoms with van der Waals surface area (Å²) in [6.45, 7) is 4.26. The molecule has 2 saturated carbocycles. The van der Waals surface area contributed by atoms with Gasteiger partial charge in [-0.2, -0.15) is 5.10 Å². The Morgan fingerprint density at radius 3 is 2.54 bits per heavy atom. The van der Waals surface area contributed by atoms with Crippen molar-refractivity contribution < 1.29 is 9.47 Å². The Hall–Kier alpha value is -2.12. The number of aromatic nitrogens is 3. The van der Waals surface area contributed by atoms with Crippen LogP contribution < -0.4 is 10.5 Å². The van der Waals surface area contributed by atoms with Gasteiger partial charge in [0, 0.05) is 36.5 Å². The van der Waals surface area contributed by atoms with Crippen molar-refractivity contribution in [2.75, 3.05) is 39.1 Å². The molecule has 4 heterocycles. The Labute approximate surface area is 164 Å². The fourth-order valence-electron chi connectivity index (χ4n) is 5.21. The summed E-state index contributed by atoms with van der Waals surface area (Å²) in [6.07, 6.45) is 5.60. The molecule has 2 aromatic rings. The minimum Gasteiger partial charge on any atom is -0.493 e. The van der Waals surface area contributed by atoms with E-state index >= 15 is 0 Å². The third kappa shape index (κ3) is 2.49. The molecule has 7 nitrogen and oxygen atoms in total. The Morgan fingerprint density at radius 1 is 1.14 bits per heavy atom. The third-order valence-corrected chi connectivity index (χ3v) is 7.28. The van der Waals surface area contributed by atoms with E-state index in [1.54, 1.807) is 13.3 Å². The maximum absolute atomic E-state index is 5.89. The van der Waals surface area contributed by atoms with Crippen molar-refractivity contribution in [3.05, 3.63) is 24.0 Å². The third-order valence-electron chi connectivity index (χ3n) is 7.28. The maximum atomic E-state index is 5.89. The van der Waals surface area contributed by atoms with Crippen LogP contribution in [0.1, 0.15) is 36.9 Å². The molecular weight excluding hydrogens is 354 g/mol. The van der Waals surface area contributed by atoms with E-state index in [2.05, 4.69) is 20.6 Å². The van der Waals surface area contributed by atoms with E-state index in [0.29, 0.717) is 29.6 Å². The van der Waals surface area contributed by atoms with Gasteiger partial charge in [-0.05, 0) is 43.2 Å². The van der Waals surface area contributed by atoms with E-state index in [0.717, 1.165) is 36.3 Å². The van der Waals surface area contributed by atoms with Crippen LogP contribution in [0.15, 0.2) is 18.3 Å². The number of anilines is 1. The van der Waals surface area contributed by atoms with Gasteiger partial charge in [-0.1, -0.05) is 0 Å². The van der Waals surface area contributed by atoms with Gasteiger partial charge in [-0.3, -0.25) is 9.58 Å². The lowest BCUT2D eigenvalue weighted by Gasteiger charge is -2.36. The molecule has 2 N–H and O–H groups in total. The molecule has 7 heteroatoms. The van der Waals surface area contributed by atoms with E-state index in [1.807, 2.05) is 6.07 Å². The Morgan fingerprint density at radius 2 is 1.93 bits per heavy atom. The van der Waals surface area contributed by atoms with Crippen LogP contribution in [0.25, 0.3) is 11.3 Å². The smallest absolute Gasteiger partial charge is 0.166 e. The molecule has 0 bridgehead atoms. The van der Waals surface area contributed by atoms with E-state index in [4.69, 9.17) is 20.3 Å². The van der Waals surface area contributed by atoms with Crippen LogP contribution in [0.2, 0.25) is 0 Å². The number of nitrogens with zero attached hydrogens (tertiary/aromatic N) is 4. The van der Waals surface area contributed by atoms with Crippen LogP contribution in [0, 0.1) is 11.8 Å². The molecule has 2 saturated heterocycles. The zero-order valence-corrected chi connectivity index (χ0v) is 16.3. The van der Waals surface area contributed by atoms with E-state index < -0.39 is 0 Å². The molecule has 2 aliphatic carbocycles. The molecular formula is C21H27N5O2. The lowest BCUT2D eigenvalue weighted by molar-refractivity contribution is -0.0610. The topological polar surface area (TPSA) is 78.4 Å². The van der Waals surface area contributed by atoms with Gasteiger partial charge in [0.1, 0.15) is 0 Å². The van der Waals surface area contributed by atoms with Crippen molar-refractivity contribution in [2.24, 2.45) is 11.8 Å². The molecule has 0 radical (unpaired) electrons. The number of methoxy groups -OCH3 is 1. The monoisotopic (exact) mass is 381 g/mol. The average molecular weight is 381 g/mol. The lowest BCUT2D eigenvalue weighted by atomic mass is 9.93. The lowest BCUT2D eigenvalue weighted by Crippen LogP contribution is -2.48. The summed E-state index contributed by atoms with van der Waals surface area (Å²) in [5.74, 6) is 3.24. The van der Waals surface area contributed by atoms with Crippen LogP contribution in [0.4, 0.5) is 5.82 Å². The van der Waals surface area contributed by atoms with Crippen molar-refractivity contribution >= 4 is 5.82 Å². The largest absolute Gasteiger partial charge is 0.493 e. The number of pyridine rings is 1. The molecule has 0 unspecified atom stereocenters. The quantitative estimate of drug-likeness (QED) is 0.856. The van der Waals surface area contributed by atoms with Gasteiger partial charge in [0.15, 0.2) is 11.6 Å². The van der Waals surface area contributed by atoms with Crippen LogP contribution in [0.3, 0.4) is 0 Å². The van der Waals surface area contributed by atoms with Crippen LogP contribution in [-0.4, -0.2) is 59.1 Å². The van der Waals surface area contributed by atoms with Gasteiger partial charge in [0.05, 0.1) is 38.1 Å². The zero-order valence-electron chi connectivity index (χ0n) is 16.3. The van der Waals surface area contributed by atoms with Crippen LogP contribution in [0.5, 0.6) is 5.75 Å². The van der Waals surface area contributed by atoms with Gasteiger partial charge < -0.3 is 15.2 Å². The van der Waals surface area contributed by atoms with Crippen LogP contribution in [-0.2, 0) is 4.74 Å². The first kappa shape index (κ1) is 16.8. The SMILES string of the molecule is COc1cc(-c2cc([C@H]3[C@@H]4CN(C5COC5)C[C@@H]43)n(C3CCC3)n2)cnc1N. The second-order valence-corrected chi connectivity index (χ2v) is 8.79. The summed E-state index contributed by atoms with van der Waals surface area (Å²) in [4.78, 5) is 6.93. The van der Waals surface area contributed by atoms with E-state index in [9.17, 15) is 0 Å². The summed E-state index contributed by atoms with van der Waals surface area (Å²) in [6, 6.07) is 5.47. The number of nitrogen functional groups attached to an aromatic ring is 1. The molecule has 0 amide bonds. The fraction of sp³-hybridized carbons (Fsp3) is 0.619. The highest BCUT2D eigenvalue weighted by molar-refractivity contribution is 5.64. The minimum atomic E-state index is 0.418. The summed E-state index contributed by atoms with van der Waals surface area (Å²) in [5, 5.41) is 5.02. The second kappa shape index (κ2) is 6.19. The summed E-state index contributed by atoms with van der Waals surface area (Å²) in [5.41, 5.74) is 9.28. The minimum absolute atomic E-state index is 0.418. The predicted octanol–water partition coefficient (Wildman–Crippen LogP) is 2.30. The molecule has 6 rings (SSSR count). The molecule has 0 spiro atoms. The van der Waals surface area contributed by atoms with E-state index in [-0.39, 0.29) is 0 Å². The molecule has 4 fully saturated rings. The number of piperidine rings is 1. The van der Waals surface area contributed by atoms with Gasteiger partial charge in [-0.15, -0.1) is 0 Å². The van der Waals surface area contributed by atoms with Gasteiger partial charge >= 0.3 is 0 Å². The molecule has 148 valence electrons. The fourth-order valence-corrected chi connectivity index (χ4v) is 5.21. The molecule has 4 aliphatic rings. The van der Waals surface area contributed by atoms with Crippen molar-refractivity contribution in [1.82, 2.24) is 19.7 Å². The number of fused-ring (bicyclic) bond motifs is 1. The summed E-state index contributed by atoms with van der Waals surface area (Å²) < 4.78 is 13.1. The van der Waals surface area contributed by atoms with Crippen molar-refractivity contribution in [3.8, 4) is 17.0 Å².